The summed E-state index contributed by atoms with van der Waals surface area (Å²) in [6, 6.07) is 1.21. The van der Waals surface area contributed by atoms with Crippen molar-refractivity contribution in [3.05, 3.63) is 33.9 Å². The topological polar surface area (TPSA) is 83.7 Å². The molecule has 1 aliphatic heterocycles. The monoisotopic (exact) mass is 258 g/mol. The van der Waals surface area contributed by atoms with Gasteiger partial charge in [-0.1, -0.05) is 0 Å². The van der Waals surface area contributed by atoms with E-state index in [-0.39, 0.29) is 18.8 Å². The predicted molar refractivity (Wildman–Crippen MR) is 56.4 cm³/mol. The van der Waals surface area contributed by atoms with Crippen molar-refractivity contribution in [1.29, 1.82) is 0 Å². The fourth-order valence-electron chi connectivity index (χ4n) is 1.76. The maximum absolute atomic E-state index is 13.1. The molecule has 1 saturated heterocycles. The van der Waals surface area contributed by atoms with Gasteiger partial charge in [0.2, 0.25) is 0 Å². The van der Waals surface area contributed by atoms with Gasteiger partial charge in [0.15, 0.2) is 11.6 Å². The summed E-state index contributed by atoms with van der Waals surface area (Å²) >= 11 is 0. The zero-order chi connectivity index (χ0) is 13.4. The van der Waals surface area contributed by atoms with Gasteiger partial charge < -0.3 is 10.0 Å². The van der Waals surface area contributed by atoms with Crippen molar-refractivity contribution >= 4 is 17.3 Å². The number of anilines is 1. The number of halogens is 2. The summed E-state index contributed by atoms with van der Waals surface area (Å²) in [4.78, 5) is 21.8. The molecule has 96 valence electrons. The van der Waals surface area contributed by atoms with Gasteiger partial charge in [-0.25, -0.2) is 8.78 Å². The number of nitro benzene ring substituents is 1. The molecule has 2 rings (SSSR count). The quantitative estimate of drug-likeness (QED) is 0.654. The number of nitrogens with zero attached hydrogens (tertiary/aromatic N) is 2. The number of hydrogen-bond acceptors (Lipinski definition) is 4. The van der Waals surface area contributed by atoms with Crippen LogP contribution in [0.4, 0.5) is 20.2 Å². The van der Waals surface area contributed by atoms with E-state index in [4.69, 9.17) is 5.11 Å². The van der Waals surface area contributed by atoms with Gasteiger partial charge in [-0.05, 0) is 0 Å². The average Bonchev–Trinajstić information content (AvgIpc) is 2.19. The van der Waals surface area contributed by atoms with Crippen LogP contribution in [0.5, 0.6) is 0 Å². The van der Waals surface area contributed by atoms with E-state index < -0.39 is 34.1 Å². The van der Waals surface area contributed by atoms with E-state index in [9.17, 15) is 23.7 Å². The second kappa shape index (κ2) is 4.21. The van der Waals surface area contributed by atoms with Gasteiger partial charge >= 0.3 is 5.97 Å². The van der Waals surface area contributed by atoms with Crippen LogP contribution in [0.25, 0.3) is 0 Å². The van der Waals surface area contributed by atoms with Crippen molar-refractivity contribution in [2.45, 2.75) is 0 Å². The Labute approximate surface area is 99.6 Å². The molecule has 0 saturated carbocycles. The molecule has 0 bridgehead atoms. The van der Waals surface area contributed by atoms with Gasteiger partial charge in [0.25, 0.3) is 5.69 Å². The molecule has 18 heavy (non-hydrogen) atoms. The van der Waals surface area contributed by atoms with Crippen LogP contribution in [-0.2, 0) is 4.79 Å². The summed E-state index contributed by atoms with van der Waals surface area (Å²) in [5, 5.41) is 19.4. The Bertz CT molecular complexity index is 529. The summed E-state index contributed by atoms with van der Waals surface area (Å²) in [5.41, 5.74) is -0.672. The Morgan fingerprint density at radius 3 is 2.44 bits per heavy atom. The molecule has 0 aliphatic carbocycles. The number of nitro groups is 1. The number of benzene rings is 1. The van der Waals surface area contributed by atoms with E-state index in [2.05, 4.69) is 0 Å². The Morgan fingerprint density at radius 1 is 1.39 bits per heavy atom. The van der Waals surface area contributed by atoms with Crippen LogP contribution in [-0.4, -0.2) is 29.1 Å². The Balaban J connectivity index is 2.31. The molecule has 0 amide bonds. The van der Waals surface area contributed by atoms with Crippen molar-refractivity contribution in [2.75, 3.05) is 18.0 Å². The van der Waals surface area contributed by atoms with Crippen molar-refractivity contribution in [3.8, 4) is 0 Å². The van der Waals surface area contributed by atoms with Crippen LogP contribution in [0.3, 0.4) is 0 Å². The highest BCUT2D eigenvalue weighted by atomic mass is 19.2. The fraction of sp³-hybridized carbons (Fsp3) is 0.300. The number of carboxylic acids is 1. The molecule has 1 aromatic carbocycles. The first-order valence-electron chi connectivity index (χ1n) is 5.01. The van der Waals surface area contributed by atoms with E-state index >= 15 is 0 Å². The third-order valence-electron chi connectivity index (χ3n) is 2.79. The molecular formula is C10H8F2N2O4. The molecule has 0 unspecified atom stereocenters. The van der Waals surface area contributed by atoms with Gasteiger partial charge in [0.05, 0.1) is 16.9 Å². The summed E-state index contributed by atoms with van der Waals surface area (Å²) in [5.74, 6) is -4.16. The number of rotatable bonds is 3. The van der Waals surface area contributed by atoms with Crippen LogP contribution in [0.1, 0.15) is 0 Å². The smallest absolute Gasteiger partial charge is 0.310 e. The molecule has 1 fully saturated rings. The van der Waals surface area contributed by atoms with Gasteiger partial charge in [-0.15, -0.1) is 0 Å². The molecule has 6 nitrogen and oxygen atoms in total. The van der Waals surface area contributed by atoms with Crippen molar-refractivity contribution in [1.82, 2.24) is 0 Å². The van der Waals surface area contributed by atoms with Crippen LogP contribution < -0.4 is 4.90 Å². The van der Waals surface area contributed by atoms with Crippen molar-refractivity contribution in [2.24, 2.45) is 5.92 Å². The molecule has 0 spiro atoms. The minimum Gasteiger partial charge on any atom is -0.481 e. The van der Waals surface area contributed by atoms with Crippen LogP contribution in [0, 0.1) is 27.7 Å². The summed E-state index contributed by atoms with van der Waals surface area (Å²) < 4.78 is 26.0. The van der Waals surface area contributed by atoms with E-state index in [1.807, 2.05) is 0 Å². The molecule has 0 radical (unpaired) electrons. The van der Waals surface area contributed by atoms with Gasteiger partial charge in [-0.3, -0.25) is 14.9 Å². The minimum absolute atomic E-state index is 0.0429. The summed E-state index contributed by atoms with van der Waals surface area (Å²) in [6.45, 7) is 0.0858. The SMILES string of the molecule is O=C(O)C1CN(c2cc(F)c(F)cc2[N+](=O)[O-])C1. The Morgan fingerprint density at radius 2 is 1.94 bits per heavy atom. The molecule has 1 aliphatic rings. The first kappa shape index (κ1) is 12.2. The first-order chi connectivity index (χ1) is 8.40. The van der Waals surface area contributed by atoms with Crippen LogP contribution in [0.15, 0.2) is 12.1 Å². The summed E-state index contributed by atoms with van der Waals surface area (Å²) in [6.07, 6.45) is 0. The second-order valence-corrected chi connectivity index (χ2v) is 3.95. The molecular weight excluding hydrogens is 250 g/mol. The third-order valence-corrected chi connectivity index (χ3v) is 2.79. The van der Waals surface area contributed by atoms with E-state index in [1.54, 1.807) is 0 Å². The molecule has 0 aromatic heterocycles. The number of carboxylic acid groups (broad SMARTS) is 1. The Kier molecular flexibility index (Phi) is 2.85. The average molecular weight is 258 g/mol. The van der Waals surface area contributed by atoms with Gasteiger partial charge in [-0.2, -0.15) is 0 Å². The largest absolute Gasteiger partial charge is 0.481 e. The highest BCUT2D eigenvalue weighted by Gasteiger charge is 2.36. The molecule has 1 aromatic rings. The van der Waals surface area contributed by atoms with E-state index in [0.717, 1.165) is 0 Å². The van der Waals surface area contributed by atoms with Gasteiger partial charge in [0, 0.05) is 19.2 Å². The highest BCUT2D eigenvalue weighted by molar-refractivity contribution is 5.76. The number of aliphatic carboxylic acids is 1. The normalized spacial score (nSPS) is 15.3. The number of hydrogen-bond donors (Lipinski definition) is 1. The summed E-state index contributed by atoms with van der Waals surface area (Å²) in [7, 11) is 0. The third kappa shape index (κ3) is 1.96. The molecule has 0 atom stereocenters. The molecule has 8 heteroatoms. The van der Waals surface area contributed by atoms with Crippen molar-refractivity contribution < 1.29 is 23.6 Å². The highest BCUT2D eigenvalue weighted by Crippen LogP contribution is 2.34. The Hall–Kier alpha value is -2.25. The predicted octanol–water partition coefficient (Wildman–Crippen LogP) is 1.39. The molecule has 1 heterocycles. The van der Waals surface area contributed by atoms with Gasteiger partial charge in [0.1, 0.15) is 5.69 Å². The fourth-order valence-corrected chi connectivity index (χ4v) is 1.76. The lowest BCUT2D eigenvalue weighted by Crippen LogP contribution is -2.50. The second-order valence-electron chi connectivity index (χ2n) is 3.95. The lowest BCUT2D eigenvalue weighted by atomic mass is 9.99. The zero-order valence-electron chi connectivity index (χ0n) is 8.97. The molecule has 1 N–H and O–H groups in total. The van der Waals surface area contributed by atoms with Crippen molar-refractivity contribution in [3.63, 3.8) is 0 Å². The lowest BCUT2D eigenvalue weighted by molar-refractivity contribution is -0.384. The van der Waals surface area contributed by atoms with E-state index in [0.29, 0.717) is 12.1 Å². The first-order valence-corrected chi connectivity index (χ1v) is 5.01. The van der Waals surface area contributed by atoms with E-state index in [1.165, 1.54) is 4.90 Å². The number of carbonyl (C=O) groups is 1. The standard InChI is InChI=1S/C10H8F2N2O4/c11-6-1-8(9(14(17)18)2-7(6)12)13-3-5(4-13)10(15)16/h1-2,5H,3-4H2,(H,15,16). The maximum atomic E-state index is 13.1. The minimum atomic E-state index is -1.30. The van der Waals surface area contributed by atoms with Crippen LogP contribution >= 0.6 is 0 Å². The maximum Gasteiger partial charge on any atom is 0.310 e. The van der Waals surface area contributed by atoms with Crippen LogP contribution in [0.2, 0.25) is 0 Å². The zero-order valence-corrected chi connectivity index (χ0v) is 8.97. The lowest BCUT2D eigenvalue weighted by Gasteiger charge is -2.38.